The molecule has 29 heavy (non-hydrogen) atoms. The van der Waals surface area contributed by atoms with Gasteiger partial charge in [-0.2, -0.15) is 0 Å². The van der Waals surface area contributed by atoms with Crippen LogP contribution >= 0.6 is 11.3 Å². The monoisotopic (exact) mass is 409 g/mol. The van der Waals surface area contributed by atoms with E-state index in [0.717, 1.165) is 24.3 Å². The highest BCUT2D eigenvalue weighted by Gasteiger charge is 2.09. The Morgan fingerprint density at radius 1 is 1.03 bits per heavy atom. The fourth-order valence-corrected chi connectivity index (χ4v) is 4.05. The van der Waals surface area contributed by atoms with Crippen LogP contribution < -0.4 is 10.1 Å². The summed E-state index contributed by atoms with van der Waals surface area (Å²) in [5, 5.41) is 12.5. The van der Waals surface area contributed by atoms with Crippen molar-refractivity contribution in [2.45, 2.75) is 32.8 Å². The van der Waals surface area contributed by atoms with Crippen molar-refractivity contribution < 1.29 is 14.6 Å². The Labute approximate surface area is 176 Å². The number of rotatable bonds is 10. The van der Waals surface area contributed by atoms with E-state index in [2.05, 4.69) is 30.4 Å². The molecule has 0 spiro atoms. The first-order valence-corrected chi connectivity index (χ1v) is 10.7. The summed E-state index contributed by atoms with van der Waals surface area (Å²) in [4.78, 5) is 13.1. The molecule has 1 heterocycles. The predicted octanol–water partition coefficient (Wildman–Crippen LogP) is 4.53. The number of amides is 1. The lowest BCUT2D eigenvalue weighted by atomic mass is 10.0. The summed E-state index contributed by atoms with van der Waals surface area (Å²) in [6.45, 7) is 2.93. The normalized spacial score (nSPS) is 10.7. The molecule has 0 bridgehead atoms. The van der Waals surface area contributed by atoms with Crippen molar-refractivity contribution in [1.82, 2.24) is 5.32 Å². The largest absolute Gasteiger partial charge is 0.479 e. The first-order chi connectivity index (χ1) is 14.2. The van der Waals surface area contributed by atoms with E-state index in [4.69, 9.17) is 9.84 Å². The van der Waals surface area contributed by atoms with Crippen LogP contribution in [-0.2, 0) is 19.4 Å². The number of hydrogen-bond donors (Lipinski definition) is 2. The minimum Gasteiger partial charge on any atom is -0.479 e. The highest BCUT2D eigenvalue weighted by atomic mass is 32.1. The molecule has 0 saturated heterocycles. The molecule has 3 rings (SSSR count). The van der Waals surface area contributed by atoms with Gasteiger partial charge in [0, 0.05) is 22.5 Å². The second-order valence-electron chi connectivity index (χ2n) is 6.97. The molecule has 3 aromatic rings. The Hall–Kier alpha value is -2.63. The Balaban J connectivity index is 1.51. The Morgan fingerprint density at radius 3 is 2.52 bits per heavy atom. The molecule has 0 radical (unpaired) electrons. The van der Waals surface area contributed by atoms with Crippen LogP contribution in [-0.4, -0.2) is 24.2 Å². The maximum absolute atomic E-state index is 11.9. The van der Waals surface area contributed by atoms with Crippen LogP contribution in [0, 0.1) is 6.92 Å². The van der Waals surface area contributed by atoms with Gasteiger partial charge in [-0.1, -0.05) is 42.5 Å². The van der Waals surface area contributed by atoms with Gasteiger partial charge < -0.3 is 15.2 Å². The summed E-state index contributed by atoms with van der Waals surface area (Å²) in [5.74, 6) is -0.153. The smallest absolute Gasteiger partial charge is 0.251 e. The lowest BCUT2D eigenvalue weighted by Crippen LogP contribution is -2.26. The van der Waals surface area contributed by atoms with Gasteiger partial charge in [-0.05, 0) is 55.5 Å². The summed E-state index contributed by atoms with van der Waals surface area (Å²) in [6, 6.07) is 20.1. The minimum absolute atomic E-state index is 0.0526. The molecule has 0 atom stereocenters. The van der Waals surface area contributed by atoms with E-state index in [1.54, 1.807) is 11.3 Å². The molecule has 2 N–H and O–H groups in total. The number of aryl methyl sites for hydroxylation is 3. The summed E-state index contributed by atoms with van der Waals surface area (Å²) in [5.41, 5.74) is 4.27. The van der Waals surface area contributed by atoms with Gasteiger partial charge in [-0.15, -0.1) is 11.3 Å². The predicted molar refractivity (Wildman–Crippen MR) is 118 cm³/mol. The summed E-state index contributed by atoms with van der Waals surface area (Å²) >= 11 is 1.71. The lowest BCUT2D eigenvalue weighted by molar-refractivity contribution is 0.0945. The van der Waals surface area contributed by atoms with Crippen molar-refractivity contribution in [3.05, 3.63) is 87.8 Å². The zero-order valence-electron chi connectivity index (χ0n) is 16.7. The van der Waals surface area contributed by atoms with E-state index >= 15 is 0 Å². The highest BCUT2D eigenvalue weighted by molar-refractivity contribution is 7.13. The molecule has 5 heteroatoms. The van der Waals surface area contributed by atoms with Gasteiger partial charge in [0.2, 0.25) is 0 Å². The van der Waals surface area contributed by atoms with Crippen LogP contribution in [0.3, 0.4) is 0 Å². The van der Waals surface area contributed by atoms with Crippen LogP contribution in [0.5, 0.6) is 5.06 Å². The molecule has 0 aliphatic heterocycles. The van der Waals surface area contributed by atoms with Crippen molar-refractivity contribution >= 4 is 17.2 Å². The van der Waals surface area contributed by atoms with Gasteiger partial charge in [-0.25, -0.2) is 0 Å². The maximum atomic E-state index is 11.9. The molecular formula is C24H27NO3S. The topological polar surface area (TPSA) is 58.6 Å². The van der Waals surface area contributed by atoms with E-state index < -0.39 is 0 Å². The number of benzene rings is 2. The van der Waals surface area contributed by atoms with E-state index in [9.17, 15) is 4.79 Å². The Bertz CT molecular complexity index is 904. The van der Waals surface area contributed by atoms with Crippen LogP contribution in [0.15, 0.2) is 60.7 Å². The number of carbonyl (C=O) groups is 1. The van der Waals surface area contributed by atoms with Crippen molar-refractivity contribution in [1.29, 1.82) is 0 Å². The van der Waals surface area contributed by atoms with Crippen molar-refractivity contribution in [2.75, 3.05) is 13.2 Å². The molecule has 2 aromatic carbocycles. The number of aliphatic hydroxyl groups excluding tert-OH is 1. The van der Waals surface area contributed by atoms with Crippen LogP contribution in [0.1, 0.15) is 38.3 Å². The quantitative estimate of drug-likeness (QED) is 0.517. The molecular weight excluding hydrogens is 382 g/mol. The van der Waals surface area contributed by atoms with E-state index in [-0.39, 0.29) is 19.1 Å². The first kappa shape index (κ1) is 21.1. The molecule has 1 aromatic heterocycles. The average molecular weight is 410 g/mol. The molecule has 0 unspecified atom stereocenters. The number of nitrogens with one attached hydrogen (secondary N) is 1. The van der Waals surface area contributed by atoms with Gasteiger partial charge in [0.25, 0.3) is 5.91 Å². The number of hydrogen-bond acceptors (Lipinski definition) is 4. The van der Waals surface area contributed by atoms with Crippen LogP contribution in [0.4, 0.5) is 0 Å². The van der Waals surface area contributed by atoms with Gasteiger partial charge in [0.05, 0.1) is 6.61 Å². The second kappa shape index (κ2) is 10.8. The second-order valence-corrected chi connectivity index (χ2v) is 8.19. The maximum Gasteiger partial charge on any atom is 0.251 e. The van der Waals surface area contributed by atoms with E-state index in [1.165, 1.54) is 21.6 Å². The van der Waals surface area contributed by atoms with Gasteiger partial charge in [0.1, 0.15) is 6.61 Å². The zero-order valence-corrected chi connectivity index (χ0v) is 17.5. The number of thiophene rings is 1. The SMILES string of the molecule is Cc1cc(CCCc2ccc(C(=O)NCCO)cc2)c(OCc2ccccc2)s1. The Kier molecular flexibility index (Phi) is 7.85. The van der Waals surface area contributed by atoms with Crippen LogP contribution in [0.2, 0.25) is 0 Å². The average Bonchev–Trinajstić information content (AvgIpc) is 3.11. The minimum atomic E-state index is -0.153. The first-order valence-electron chi connectivity index (χ1n) is 9.90. The lowest BCUT2D eigenvalue weighted by Gasteiger charge is -2.08. The molecule has 0 aliphatic carbocycles. The molecule has 4 nitrogen and oxygen atoms in total. The Morgan fingerprint density at radius 2 is 1.79 bits per heavy atom. The molecule has 1 amide bonds. The fraction of sp³-hybridized carbons (Fsp3) is 0.292. The van der Waals surface area contributed by atoms with Crippen molar-refractivity contribution in [3.8, 4) is 5.06 Å². The molecule has 0 fully saturated rings. The third kappa shape index (κ3) is 6.44. The van der Waals surface area contributed by atoms with E-state index in [0.29, 0.717) is 12.2 Å². The van der Waals surface area contributed by atoms with Gasteiger partial charge in [0.15, 0.2) is 5.06 Å². The standard InChI is InChI=1S/C24H27NO3S/c1-18-16-22(24(29-18)28-17-20-6-3-2-4-7-20)9-5-8-19-10-12-21(13-11-19)23(27)25-14-15-26/h2-4,6-7,10-13,16,26H,5,8-9,14-15,17H2,1H3,(H,25,27). The number of ether oxygens (including phenoxy) is 1. The fourth-order valence-electron chi connectivity index (χ4n) is 3.14. The van der Waals surface area contributed by atoms with Crippen molar-refractivity contribution in [3.63, 3.8) is 0 Å². The third-order valence-electron chi connectivity index (χ3n) is 4.63. The summed E-state index contributed by atoms with van der Waals surface area (Å²) in [7, 11) is 0. The summed E-state index contributed by atoms with van der Waals surface area (Å²) in [6.07, 6.45) is 2.94. The molecule has 152 valence electrons. The van der Waals surface area contributed by atoms with Crippen molar-refractivity contribution in [2.24, 2.45) is 0 Å². The van der Waals surface area contributed by atoms with Gasteiger partial charge in [-0.3, -0.25) is 4.79 Å². The summed E-state index contributed by atoms with van der Waals surface area (Å²) < 4.78 is 6.08. The van der Waals surface area contributed by atoms with Crippen LogP contribution in [0.25, 0.3) is 0 Å². The number of aliphatic hydroxyl groups is 1. The zero-order chi connectivity index (χ0) is 20.5. The number of carbonyl (C=O) groups excluding carboxylic acids is 1. The molecule has 0 saturated carbocycles. The van der Waals surface area contributed by atoms with Gasteiger partial charge >= 0.3 is 0 Å². The molecule has 0 aliphatic rings. The highest BCUT2D eigenvalue weighted by Crippen LogP contribution is 2.32. The third-order valence-corrected chi connectivity index (χ3v) is 5.64. The van der Waals surface area contributed by atoms with E-state index in [1.807, 2.05) is 42.5 Å².